The van der Waals surface area contributed by atoms with Crippen LogP contribution >= 0.6 is 0 Å². The first-order valence-corrected chi connectivity index (χ1v) is 5.75. The van der Waals surface area contributed by atoms with Crippen LogP contribution in [-0.4, -0.2) is 11.9 Å². The van der Waals surface area contributed by atoms with Crippen molar-refractivity contribution in [1.29, 1.82) is 0 Å². The molecule has 0 aliphatic heterocycles. The minimum atomic E-state index is 0.108. The summed E-state index contributed by atoms with van der Waals surface area (Å²) in [6, 6.07) is 7.93. The van der Waals surface area contributed by atoms with E-state index in [1.165, 1.54) is 0 Å². The van der Waals surface area contributed by atoms with Gasteiger partial charge in [0.1, 0.15) is 0 Å². The van der Waals surface area contributed by atoms with Gasteiger partial charge in [-0.15, -0.1) is 0 Å². The third kappa shape index (κ3) is 4.34. The van der Waals surface area contributed by atoms with E-state index in [0.29, 0.717) is 6.42 Å². The van der Waals surface area contributed by atoms with Crippen LogP contribution in [0.15, 0.2) is 24.3 Å². The third-order valence-corrected chi connectivity index (χ3v) is 2.61. The molecule has 1 aromatic rings. The highest BCUT2D eigenvalue weighted by atomic mass is 16.1. The van der Waals surface area contributed by atoms with Gasteiger partial charge in [-0.25, -0.2) is 0 Å². The van der Waals surface area contributed by atoms with Crippen LogP contribution in [0.2, 0.25) is 0 Å². The fourth-order valence-corrected chi connectivity index (χ4v) is 1.46. The number of nitrogens with one attached hydrogen (secondary N) is 1. The van der Waals surface area contributed by atoms with Crippen LogP contribution in [-0.2, 0) is 11.2 Å². The summed E-state index contributed by atoms with van der Waals surface area (Å²) in [6.45, 7) is 4.07. The normalized spacial score (nSPS) is 12.1. The van der Waals surface area contributed by atoms with Gasteiger partial charge in [0.05, 0.1) is 0 Å². The SMILES string of the molecule is CCC(C)NC(=O)CCc1cccc(N)c1. The molecule has 0 heterocycles. The van der Waals surface area contributed by atoms with Gasteiger partial charge in [-0.2, -0.15) is 0 Å². The molecule has 16 heavy (non-hydrogen) atoms. The molecule has 0 radical (unpaired) electrons. The van der Waals surface area contributed by atoms with Crippen molar-refractivity contribution >= 4 is 11.6 Å². The predicted molar refractivity (Wildman–Crippen MR) is 67.1 cm³/mol. The van der Waals surface area contributed by atoms with Crippen LogP contribution in [0, 0.1) is 0 Å². The molecule has 3 N–H and O–H groups in total. The smallest absolute Gasteiger partial charge is 0.220 e. The van der Waals surface area contributed by atoms with Crippen molar-refractivity contribution in [1.82, 2.24) is 5.32 Å². The van der Waals surface area contributed by atoms with Crippen LogP contribution in [0.1, 0.15) is 32.3 Å². The number of nitrogen functional groups attached to an aromatic ring is 1. The lowest BCUT2D eigenvalue weighted by molar-refractivity contribution is -0.121. The lowest BCUT2D eigenvalue weighted by Gasteiger charge is -2.11. The lowest BCUT2D eigenvalue weighted by Crippen LogP contribution is -2.31. The van der Waals surface area contributed by atoms with Gasteiger partial charge in [-0.3, -0.25) is 4.79 Å². The van der Waals surface area contributed by atoms with Crippen LogP contribution in [0.25, 0.3) is 0 Å². The van der Waals surface area contributed by atoms with Gasteiger partial charge in [0, 0.05) is 18.2 Å². The average Bonchev–Trinajstić information content (AvgIpc) is 2.26. The number of aryl methyl sites for hydroxylation is 1. The maximum Gasteiger partial charge on any atom is 0.220 e. The maximum absolute atomic E-state index is 11.5. The van der Waals surface area contributed by atoms with E-state index in [0.717, 1.165) is 24.1 Å². The molecule has 0 saturated carbocycles. The zero-order valence-electron chi connectivity index (χ0n) is 9.99. The van der Waals surface area contributed by atoms with E-state index in [2.05, 4.69) is 12.2 Å². The second-order valence-corrected chi connectivity index (χ2v) is 4.12. The van der Waals surface area contributed by atoms with Crippen molar-refractivity contribution in [2.45, 2.75) is 39.2 Å². The number of hydrogen-bond donors (Lipinski definition) is 2. The number of nitrogens with two attached hydrogens (primary N) is 1. The molecule has 1 aromatic carbocycles. The molecule has 1 atom stereocenters. The molecule has 0 aliphatic carbocycles. The summed E-state index contributed by atoms with van der Waals surface area (Å²) < 4.78 is 0. The molecule has 1 rings (SSSR count). The summed E-state index contributed by atoms with van der Waals surface area (Å²) in [5, 5.41) is 2.94. The van der Waals surface area contributed by atoms with Crippen molar-refractivity contribution < 1.29 is 4.79 Å². The molecule has 0 spiro atoms. The van der Waals surface area contributed by atoms with Gasteiger partial charge >= 0.3 is 0 Å². The Morgan fingerprint density at radius 2 is 2.25 bits per heavy atom. The van der Waals surface area contributed by atoms with Gasteiger partial charge in [-0.1, -0.05) is 19.1 Å². The van der Waals surface area contributed by atoms with E-state index in [-0.39, 0.29) is 11.9 Å². The number of rotatable bonds is 5. The molecule has 88 valence electrons. The van der Waals surface area contributed by atoms with Crippen molar-refractivity contribution in [3.63, 3.8) is 0 Å². The summed E-state index contributed by atoms with van der Waals surface area (Å²) in [5.74, 6) is 0.108. The Hall–Kier alpha value is -1.51. The largest absolute Gasteiger partial charge is 0.399 e. The van der Waals surface area contributed by atoms with E-state index in [1.807, 2.05) is 31.2 Å². The van der Waals surface area contributed by atoms with Crippen molar-refractivity contribution in [2.75, 3.05) is 5.73 Å². The molecule has 0 saturated heterocycles. The Bertz CT molecular complexity index is 350. The molecule has 0 bridgehead atoms. The summed E-state index contributed by atoms with van der Waals surface area (Å²) in [6.07, 6.45) is 2.23. The van der Waals surface area contributed by atoms with Crippen molar-refractivity contribution in [3.05, 3.63) is 29.8 Å². The molecule has 1 unspecified atom stereocenters. The molecule has 1 amide bonds. The summed E-state index contributed by atoms with van der Waals surface area (Å²) in [4.78, 5) is 11.5. The summed E-state index contributed by atoms with van der Waals surface area (Å²) >= 11 is 0. The summed E-state index contributed by atoms with van der Waals surface area (Å²) in [7, 11) is 0. The van der Waals surface area contributed by atoms with E-state index in [1.54, 1.807) is 0 Å². The standard InChI is InChI=1S/C13H20N2O/c1-3-10(2)15-13(16)8-7-11-5-4-6-12(14)9-11/h4-6,9-10H,3,7-8,14H2,1-2H3,(H,15,16). The molecular formula is C13H20N2O. The Kier molecular flexibility index (Phi) is 4.83. The predicted octanol–water partition coefficient (Wildman–Crippen LogP) is 2.12. The van der Waals surface area contributed by atoms with E-state index in [4.69, 9.17) is 5.73 Å². The minimum absolute atomic E-state index is 0.108. The molecule has 3 nitrogen and oxygen atoms in total. The highest BCUT2D eigenvalue weighted by Crippen LogP contribution is 2.08. The number of benzene rings is 1. The number of anilines is 1. The second-order valence-electron chi connectivity index (χ2n) is 4.12. The van der Waals surface area contributed by atoms with Crippen molar-refractivity contribution in [2.24, 2.45) is 0 Å². The molecule has 0 aromatic heterocycles. The third-order valence-electron chi connectivity index (χ3n) is 2.61. The van der Waals surface area contributed by atoms with E-state index >= 15 is 0 Å². The zero-order chi connectivity index (χ0) is 12.0. The van der Waals surface area contributed by atoms with E-state index < -0.39 is 0 Å². The molecule has 0 fully saturated rings. The first-order valence-electron chi connectivity index (χ1n) is 5.75. The summed E-state index contributed by atoms with van der Waals surface area (Å²) in [5.41, 5.74) is 7.53. The van der Waals surface area contributed by atoms with Gasteiger partial charge in [-0.05, 0) is 37.5 Å². The highest BCUT2D eigenvalue weighted by molar-refractivity contribution is 5.76. The quantitative estimate of drug-likeness (QED) is 0.747. The van der Waals surface area contributed by atoms with Gasteiger partial charge in [0.15, 0.2) is 0 Å². The number of carbonyl (C=O) groups excluding carboxylic acids is 1. The number of hydrogen-bond acceptors (Lipinski definition) is 2. The average molecular weight is 220 g/mol. The Morgan fingerprint density at radius 3 is 2.88 bits per heavy atom. The monoisotopic (exact) mass is 220 g/mol. The first kappa shape index (κ1) is 12.6. The number of amides is 1. The van der Waals surface area contributed by atoms with Gasteiger partial charge in [0.25, 0.3) is 0 Å². The highest BCUT2D eigenvalue weighted by Gasteiger charge is 2.05. The Morgan fingerprint density at radius 1 is 1.50 bits per heavy atom. The zero-order valence-corrected chi connectivity index (χ0v) is 9.99. The van der Waals surface area contributed by atoms with Crippen LogP contribution in [0.4, 0.5) is 5.69 Å². The second kappa shape index (κ2) is 6.16. The van der Waals surface area contributed by atoms with Crippen molar-refractivity contribution in [3.8, 4) is 0 Å². The first-order chi connectivity index (χ1) is 7.61. The number of carbonyl (C=O) groups is 1. The van der Waals surface area contributed by atoms with Crippen LogP contribution < -0.4 is 11.1 Å². The minimum Gasteiger partial charge on any atom is -0.399 e. The van der Waals surface area contributed by atoms with Crippen LogP contribution in [0.5, 0.6) is 0 Å². The van der Waals surface area contributed by atoms with Gasteiger partial charge < -0.3 is 11.1 Å². The lowest BCUT2D eigenvalue weighted by atomic mass is 10.1. The molecule has 0 aliphatic rings. The fourth-order valence-electron chi connectivity index (χ4n) is 1.46. The topological polar surface area (TPSA) is 55.1 Å². The molecular weight excluding hydrogens is 200 g/mol. The Balaban J connectivity index is 2.37. The van der Waals surface area contributed by atoms with Crippen LogP contribution in [0.3, 0.4) is 0 Å². The fraction of sp³-hybridized carbons (Fsp3) is 0.462. The molecule has 3 heteroatoms. The maximum atomic E-state index is 11.5. The van der Waals surface area contributed by atoms with E-state index in [9.17, 15) is 4.79 Å². The Labute approximate surface area is 97.0 Å². The van der Waals surface area contributed by atoms with Gasteiger partial charge in [0.2, 0.25) is 5.91 Å².